The minimum absolute atomic E-state index is 0.0776. The van der Waals surface area contributed by atoms with Gasteiger partial charge in [-0.1, -0.05) is 36.2 Å². The van der Waals surface area contributed by atoms with Crippen molar-refractivity contribution < 1.29 is 26.8 Å². The highest BCUT2D eigenvalue weighted by atomic mass is 35.5. The first-order valence-electron chi connectivity index (χ1n) is 10.3. The Morgan fingerprint density at radius 1 is 1.06 bits per heavy atom. The molecule has 2 aromatic carbocycles. The molecule has 0 saturated heterocycles. The summed E-state index contributed by atoms with van der Waals surface area (Å²) in [6.07, 6.45) is 1.51. The van der Waals surface area contributed by atoms with E-state index < -0.39 is 46.1 Å². The van der Waals surface area contributed by atoms with E-state index in [4.69, 9.17) is 23.2 Å². The number of hydrogen-bond donors (Lipinski definition) is 1. The summed E-state index contributed by atoms with van der Waals surface area (Å²) in [4.78, 5) is 27.1. The van der Waals surface area contributed by atoms with Crippen LogP contribution in [-0.4, -0.2) is 50.5 Å². The van der Waals surface area contributed by atoms with Crippen molar-refractivity contribution in [2.45, 2.75) is 32.9 Å². The maximum absolute atomic E-state index is 13.8. The lowest BCUT2D eigenvalue weighted by Gasteiger charge is -2.31. The molecule has 0 aromatic heterocycles. The van der Waals surface area contributed by atoms with Crippen LogP contribution in [0.4, 0.5) is 14.5 Å². The SMILES string of the molecule is CCCNC(=O)[C@@H](C)N(Cc1ccc(Cl)c(Cl)c1)C(=O)CN(c1ccc(F)c(F)c1)S(C)(=O)=O. The van der Waals surface area contributed by atoms with E-state index >= 15 is 0 Å². The predicted octanol–water partition coefficient (Wildman–Crippen LogP) is 3.98. The maximum atomic E-state index is 13.8. The largest absolute Gasteiger partial charge is 0.354 e. The van der Waals surface area contributed by atoms with Gasteiger partial charge in [0.05, 0.1) is 22.0 Å². The number of rotatable bonds is 10. The zero-order valence-electron chi connectivity index (χ0n) is 18.8. The lowest BCUT2D eigenvalue weighted by molar-refractivity contribution is -0.139. The third-order valence-electron chi connectivity index (χ3n) is 4.92. The molecule has 0 bridgehead atoms. The number of anilines is 1. The van der Waals surface area contributed by atoms with E-state index in [0.29, 0.717) is 33.9 Å². The zero-order valence-corrected chi connectivity index (χ0v) is 21.1. The highest BCUT2D eigenvalue weighted by molar-refractivity contribution is 7.92. The second-order valence-electron chi connectivity index (χ2n) is 7.61. The molecule has 0 fully saturated rings. The van der Waals surface area contributed by atoms with Crippen molar-refractivity contribution in [3.05, 3.63) is 63.6 Å². The Labute approximate surface area is 207 Å². The van der Waals surface area contributed by atoms with Gasteiger partial charge in [0.15, 0.2) is 11.6 Å². The number of carbonyl (C=O) groups excluding carboxylic acids is 2. The van der Waals surface area contributed by atoms with Crippen molar-refractivity contribution in [2.24, 2.45) is 0 Å². The normalized spacial score (nSPS) is 12.2. The minimum Gasteiger partial charge on any atom is -0.354 e. The molecule has 0 saturated carbocycles. The Kier molecular flexibility index (Phi) is 9.66. The van der Waals surface area contributed by atoms with Gasteiger partial charge in [-0.2, -0.15) is 0 Å². The van der Waals surface area contributed by atoms with Crippen molar-refractivity contribution in [3.63, 3.8) is 0 Å². The van der Waals surface area contributed by atoms with E-state index in [1.165, 1.54) is 24.0 Å². The van der Waals surface area contributed by atoms with Crippen LogP contribution in [0.15, 0.2) is 36.4 Å². The molecule has 1 atom stereocenters. The average molecular weight is 536 g/mol. The fourth-order valence-electron chi connectivity index (χ4n) is 3.07. The number of nitrogens with zero attached hydrogens (tertiary/aromatic N) is 2. The molecule has 186 valence electrons. The Bertz CT molecular complexity index is 1160. The molecule has 7 nitrogen and oxygen atoms in total. The number of benzene rings is 2. The van der Waals surface area contributed by atoms with Gasteiger partial charge in [-0.05, 0) is 43.2 Å². The molecule has 0 radical (unpaired) electrons. The third-order valence-corrected chi connectivity index (χ3v) is 6.80. The van der Waals surface area contributed by atoms with Crippen molar-refractivity contribution in [3.8, 4) is 0 Å². The van der Waals surface area contributed by atoms with Gasteiger partial charge in [0.2, 0.25) is 21.8 Å². The number of sulfonamides is 1. The molecule has 2 rings (SSSR count). The summed E-state index contributed by atoms with van der Waals surface area (Å²) < 4.78 is 52.6. The molecule has 0 aliphatic carbocycles. The third kappa shape index (κ3) is 7.28. The van der Waals surface area contributed by atoms with Crippen LogP contribution in [0.25, 0.3) is 0 Å². The van der Waals surface area contributed by atoms with Gasteiger partial charge in [-0.25, -0.2) is 17.2 Å². The predicted molar refractivity (Wildman–Crippen MR) is 128 cm³/mol. The van der Waals surface area contributed by atoms with Crippen LogP contribution in [0.5, 0.6) is 0 Å². The molecule has 34 heavy (non-hydrogen) atoms. The quantitative estimate of drug-likeness (QED) is 0.498. The summed E-state index contributed by atoms with van der Waals surface area (Å²) in [6, 6.07) is 6.21. The molecule has 0 aliphatic rings. The van der Waals surface area contributed by atoms with Crippen LogP contribution >= 0.6 is 23.2 Å². The average Bonchev–Trinajstić information content (AvgIpc) is 2.77. The summed E-state index contributed by atoms with van der Waals surface area (Å²) in [5.41, 5.74) is 0.323. The summed E-state index contributed by atoms with van der Waals surface area (Å²) >= 11 is 12.0. The molecule has 0 aliphatic heterocycles. The van der Waals surface area contributed by atoms with Crippen LogP contribution in [0.1, 0.15) is 25.8 Å². The van der Waals surface area contributed by atoms with Crippen molar-refractivity contribution in [1.82, 2.24) is 10.2 Å². The zero-order chi connectivity index (χ0) is 25.6. The first-order chi connectivity index (χ1) is 15.8. The van der Waals surface area contributed by atoms with E-state index in [1.54, 1.807) is 6.07 Å². The van der Waals surface area contributed by atoms with Gasteiger partial charge >= 0.3 is 0 Å². The minimum atomic E-state index is -4.06. The van der Waals surface area contributed by atoms with E-state index in [1.807, 2.05) is 6.92 Å². The number of halogens is 4. The summed E-state index contributed by atoms with van der Waals surface area (Å²) in [7, 11) is -4.06. The molecule has 0 heterocycles. The van der Waals surface area contributed by atoms with Gasteiger partial charge < -0.3 is 10.2 Å². The van der Waals surface area contributed by atoms with Crippen molar-refractivity contribution >= 4 is 50.7 Å². The molecule has 1 N–H and O–H groups in total. The standard InChI is InChI=1S/C22H25Cl2F2N3O4S/c1-4-9-27-22(31)14(2)28(12-15-5-7-17(23)18(24)10-15)21(30)13-29(34(3,32)33)16-6-8-19(25)20(26)11-16/h5-8,10-11,14H,4,9,12-13H2,1-3H3,(H,27,31)/t14-/m1/s1. The topological polar surface area (TPSA) is 86.8 Å². The van der Waals surface area contributed by atoms with Gasteiger partial charge in [0.25, 0.3) is 0 Å². The second-order valence-corrected chi connectivity index (χ2v) is 10.3. The van der Waals surface area contributed by atoms with Crippen molar-refractivity contribution in [1.29, 1.82) is 0 Å². The fraction of sp³-hybridized carbons (Fsp3) is 0.364. The Morgan fingerprint density at radius 2 is 1.74 bits per heavy atom. The van der Waals surface area contributed by atoms with Crippen LogP contribution in [0.2, 0.25) is 10.0 Å². The Hall–Kier alpha value is -2.43. The summed E-state index contributed by atoms with van der Waals surface area (Å²) in [5, 5.41) is 3.25. The molecule has 0 unspecified atom stereocenters. The van der Waals surface area contributed by atoms with Gasteiger partial charge in [-0.15, -0.1) is 0 Å². The number of carbonyl (C=O) groups is 2. The molecular weight excluding hydrogens is 511 g/mol. The van der Waals surface area contributed by atoms with Gasteiger partial charge in [0, 0.05) is 19.2 Å². The second kappa shape index (κ2) is 11.8. The summed E-state index contributed by atoms with van der Waals surface area (Å²) in [6.45, 7) is 2.95. The first-order valence-corrected chi connectivity index (χ1v) is 12.9. The first kappa shape index (κ1) is 27.8. The molecule has 12 heteroatoms. The van der Waals surface area contributed by atoms with Gasteiger partial charge in [0.1, 0.15) is 12.6 Å². The maximum Gasteiger partial charge on any atom is 0.244 e. The van der Waals surface area contributed by atoms with E-state index in [9.17, 15) is 26.8 Å². The van der Waals surface area contributed by atoms with Crippen LogP contribution in [0, 0.1) is 11.6 Å². The van der Waals surface area contributed by atoms with E-state index in [-0.39, 0.29) is 17.3 Å². The van der Waals surface area contributed by atoms with Crippen LogP contribution in [0.3, 0.4) is 0 Å². The smallest absolute Gasteiger partial charge is 0.244 e. The number of amides is 2. The van der Waals surface area contributed by atoms with E-state index in [2.05, 4.69) is 5.32 Å². The summed E-state index contributed by atoms with van der Waals surface area (Å²) in [5.74, 6) is -3.60. The Morgan fingerprint density at radius 3 is 2.29 bits per heavy atom. The molecule has 2 amide bonds. The van der Waals surface area contributed by atoms with Gasteiger partial charge in [-0.3, -0.25) is 13.9 Å². The van der Waals surface area contributed by atoms with Crippen LogP contribution < -0.4 is 9.62 Å². The molecule has 0 spiro atoms. The number of hydrogen-bond acceptors (Lipinski definition) is 4. The Balaban J connectivity index is 2.41. The van der Waals surface area contributed by atoms with Crippen LogP contribution in [-0.2, 0) is 26.2 Å². The lowest BCUT2D eigenvalue weighted by Crippen LogP contribution is -2.51. The van der Waals surface area contributed by atoms with E-state index in [0.717, 1.165) is 18.4 Å². The molecule has 2 aromatic rings. The number of nitrogens with one attached hydrogen (secondary N) is 1. The monoisotopic (exact) mass is 535 g/mol. The fourth-order valence-corrected chi connectivity index (χ4v) is 4.23. The van der Waals surface area contributed by atoms with Crippen molar-refractivity contribution in [2.75, 3.05) is 23.7 Å². The highest BCUT2D eigenvalue weighted by Gasteiger charge is 2.30. The molecular formula is C22H25Cl2F2N3O4S. The highest BCUT2D eigenvalue weighted by Crippen LogP contribution is 2.25. The lowest BCUT2D eigenvalue weighted by atomic mass is 10.1.